The van der Waals surface area contributed by atoms with Gasteiger partial charge in [0.05, 0.1) is 5.41 Å². The van der Waals surface area contributed by atoms with Crippen molar-refractivity contribution in [3.63, 3.8) is 0 Å². The molecule has 0 aliphatic carbocycles. The third kappa shape index (κ3) is 1.62. The molecule has 0 aliphatic heterocycles. The number of aliphatic carboxylic acids is 1. The number of hydrogen-bond donors (Lipinski definition) is 2. The van der Waals surface area contributed by atoms with E-state index >= 15 is 0 Å². The Hall–Kier alpha value is -1.77. The van der Waals surface area contributed by atoms with Gasteiger partial charge in [0.2, 0.25) is 0 Å². The average Bonchev–Trinajstić information content (AvgIpc) is 2.68. The molecule has 0 radical (unpaired) electrons. The highest BCUT2D eigenvalue weighted by Gasteiger charge is 2.32. The monoisotopic (exact) mass is 231 g/mol. The highest BCUT2D eigenvalue weighted by atomic mass is 16.4. The van der Waals surface area contributed by atoms with E-state index < -0.39 is 11.4 Å². The molecule has 2 N–H and O–H groups in total. The summed E-state index contributed by atoms with van der Waals surface area (Å²) in [6.07, 6.45) is 1.81. The van der Waals surface area contributed by atoms with Crippen LogP contribution in [0, 0.1) is 13.8 Å². The molecule has 1 heterocycles. The second kappa shape index (κ2) is 3.62. The number of aromatic amines is 1. The number of hydrogen-bond acceptors (Lipinski definition) is 1. The Morgan fingerprint density at radius 1 is 1.29 bits per heavy atom. The van der Waals surface area contributed by atoms with E-state index in [0.717, 1.165) is 16.5 Å². The summed E-state index contributed by atoms with van der Waals surface area (Å²) in [6, 6.07) is 4.03. The van der Waals surface area contributed by atoms with Crippen LogP contribution in [-0.4, -0.2) is 16.1 Å². The van der Waals surface area contributed by atoms with E-state index in [-0.39, 0.29) is 0 Å². The van der Waals surface area contributed by atoms with E-state index in [1.165, 1.54) is 11.1 Å². The summed E-state index contributed by atoms with van der Waals surface area (Å²) in [5.74, 6) is -0.809. The summed E-state index contributed by atoms with van der Waals surface area (Å²) < 4.78 is 0. The van der Waals surface area contributed by atoms with Crippen LogP contribution in [0.2, 0.25) is 0 Å². The van der Waals surface area contributed by atoms with E-state index in [1.807, 2.05) is 25.3 Å². The van der Waals surface area contributed by atoms with Crippen molar-refractivity contribution in [1.29, 1.82) is 0 Å². The van der Waals surface area contributed by atoms with Crippen molar-refractivity contribution in [3.8, 4) is 0 Å². The first-order chi connectivity index (χ1) is 7.85. The molecular weight excluding hydrogens is 214 g/mol. The number of benzene rings is 1. The lowest BCUT2D eigenvalue weighted by molar-refractivity contribution is -0.142. The molecule has 2 rings (SSSR count). The van der Waals surface area contributed by atoms with E-state index in [0.29, 0.717) is 0 Å². The minimum absolute atomic E-state index is 0.809. The number of nitrogens with one attached hydrogen (secondary N) is 1. The minimum Gasteiger partial charge on any atom is -0.481 e. The Morgan fingerprint density at radius 3 is 2.53 bits per heavy atom. The lowest BCUT2D eigenvalue weighted by Gasteiger charge is -2.18. The number of H-pyrrole nitrogens is 1. The summed E-state index contributed by atoms with van der Waals surface area (Å²) in [5, 5.41) is 10.3. The predicted octanol–water partition coefficient (Wildman–Crippen LogP) is 3.15. The van der Waals surface area contributed by atoms with Crippen molar-refractivity contribution in [2.75, 3.05) is 0 Å². The molecule has 0 amide bonds. The Kier molecular flexibility index (Phi) is 2.49. The smallest absolute Gasteiger partial charge is 0.313 e. The number of carboxylic acid groups (broad SMARTS) is 1. The summed E-state index contributed by atoms with van der Waals surface area (Å²) >= 11 is 0. The highest BCUT2D eigenvalue weighted by molar-refractivity contribution is 5.93. The number of fused-ring (bicyclic) bond motifs is 1. The molecule has 3 nitrogen and oxygen atoms in total. The predicted molar refractivity (Wildman–Crippen MR) is 68.4 cm³/mol. The van der Waals surface area contributed by atoms with Gasteiger partial charge in [0.1, 0.15) is 0 Å². The maximum absolute atomic E-state index is 11.3. The molecule has 0 fully saturated rings. The molecule has 0 saturated carbocycles. The number of carbonyl (C=O) groups is 1. The summed E-state index contributed by atoms with van der Waals surface area (Å²) in [7, 11) is 0. The van der Waals surface area contributed by atoms with Gasteiger partial charge in [-0.3, -0.25) is 4.79 Å². The molecule has 90 valence electrons. The van der Waals surface area contributed by atoms with Crippen LogP contribution in [-0.2, 0) is 10.2 Å². The fraction of sp³-hybridized carbons (Fsp3) is 0.357. The van der Waals surface area contributed by atoms with Crippen molar-refractivity contribution in [1.82, 2.24) is 4.98 Å². The second-order valence-corrected chi connectivity index (χ2v) is 5.06. The van der Waals surface area contributed by atoms with Gasteiger partial charge in [-0.2, -0.15) is 0 Å². The molecule has 3 heteroatoms. The maximum atomic E-state index is 11.3. The molecule has 0 bridgehead atoms. The van der Waals surface area contributed by atoms with Crippen LogP contribution in [0.15, 0.2) is 18.3 Å². The summed E-state index contributed by atoms with van der Waals surface area (Å²) in [4.78, 5) is 14.5. The van der Waals surface area contributed by atoms with Gasteiger partial charge in [-0.05, 0) is 44.4 Å². The first-order valence-corrected chi connectivity index (χ1v) is 5.67. The van der Waals surface area contributed by atoms with Crippen molar-refractivity contribution in [2.45, 2.75) is 33.1 Å². The molecule has 0 unspecified atom stereocenters. The van der Waals surface area contributed by atoms with Crippen LogP contribution in [0.5, 0.6) is 0 Å². The van der Waals surface area contributed by atoms with Crippen LogP contribution >= 0.6 is 0 Å². The molecule has 17 heavy (non-hydrogen) atoms. The zero-order chi connectivity index (χ0) is 12.8. The second-order valence-electron chi connectivity index (χ2n) is 5.06. The van der Waals surface area contributed by atoms with Crippen LogP contribution < -0.4 is 0 Å². The van der Waals surface area contributed by atoms with Gasteiger partial charge in [-0.15, -0.1) is 0 Å². The summed E-state index contributed by atoms with van der Waals surface area (Å²) in [6.45, 7) is 7.56. The largest absolute Gasteiger partial charge is 0.481 e. The molecule has 0 atom stereocenters. The van der Waals surface area contributed by atoms with E-state index in [2.05, 4.69) is 11.9 Å². The third-order valence-electron chi connectivity index (χ3n) is 3.59. The van der Waals surface area contributed by atoms with Crippen molar-refractivity contribution in [2.24, 2.45) is 0 Å². The highest BCUT2D eigenvalue weighted by Crippen LogP contribution is 2.32. The molecule has 0 spiro atoms. The molecule has 1 aromatic carbocycles. The van der Waals surface area contributed by atoms with Gasteiger partial charge in [0.25, 0.3) is 0 Å². The van der Waals surface area contributed by atoms with Gasteiger partial charge >= 0.3 is 5.97 Å². The molecule has 1 aromatic heterocycles. The van der Waals surface area contributed by atoms with Gasteiger partial charge in [0.15, 0.2) is 0 Å². The fourth-order valence-electron chi connectivity index (χ4n) is 2.08. The lowest BCUT2D eigenvalue weighted by atomic mass is 9.84. The van der Waals surface area contributed by atoms with Gasteiger partial charge < -0.3 is 10.1 Å². The average molecular weight is 231 g/mol. The first-order valence-electron chi connectivity index (χ1n) is 5.67. The Morgan fingerprint density at radius 2 is 1.94 bits per heavy atom. The normalized spacial score (nSPS) is 12.0. The third-order valence-corrected chi connectivity index (χ3v) is 3.59. The van der Waals surface area contributed by atoms with E-state index in [1.54, 1.807) is 13.8 Å². The van der Waals surface area contributed by atoms with E-state index in [9.17, 15) is 9.90 Å². The topological polar surface area (TPSA) is 53.1 Å². The quantitative estimate of drug-likeness (QED) is 0.834. The molecule has 0 saturated heterocycles. The van der Waals surface area contributed by atoms with Crippen molar-refractivity contribution in [3.05, 3.63) is 35.0 Å². The number of aromatic nitrogens is 1. The standard InChI is InChI=1S/C14H17NO2/c1-8-5-6-10-11(14(3,4)13(16)17)7-15-12(10)9(8)2/h5-7,15H,1-4H3,(H,16,17). The first kappa shape index (κ1) is 11.7. The number of carboxylic acids is 1. The minimum atomic E-state index is -0.875. The van der Waals surface area contributed by atoms with Gasteiger partial charge in [-0.1, -0.05) is 12.1 Å². The van der Waals surface area contributed by atoms with Crippen molar-refractivity contribution >= 4 is 16.9 Å². The molecular formula is C14H17NO2. The Bertz CT molecular complexity index is 594. The fourth-order valence-corrected chi connectivity index (χ4v) is 2.08. The zero-order valence-electron chi connectivity index (χ0n) is 10.6. The van der Waals surface area contributed by atoms with Crippen molar-refractivity contribution < 1.29 is 9.90 Å². The Labute approximate surface area is 100 Å². The molecule has 2 aromatic rings. The van der Waals surface area contributed by atoms with Crippen LogP contribution in [0.25, 0.3) is 10.9 Å². The zero-order valence-corrected chi connectivity index (χ0v) is 10.6. The van der Waals surface area contributed by atoms with Crippen LogP contribution in [0.4, 0.5) is 0 Å². The number of rotatable bonds is 2. The number of aryl methyl sites for hydroxylation is 2. The maximum Gasteiger partial charge on any atom is 0.313 e. The van der Waals surface area contributed by atoms with Crippen LogP contribution in [0.1, 0.15) is 30.5 Å². The molecule has 0 aliphatic rings. The van der Waals surface area contributed by atoms with E-state index in [4.69, 9.17) is 0 Å². The SMILES string of the molecule is Cc1ccc2c(C(C)(C)C(=O)O)c[nH]c2c1C. The van der Waals surface area contributed by atoms with Crippen LogP contribution in [0.3, 0.4) is 0 Å². The Balaban J connectivity index is 2.74. The summed E-state index contributed by atoms with van der Waals surface area (Å²) in [5.41, 5.74) is 3.38. The van der Waals surface area contributed by atoms with Gasteiger partial charge in [0, 0.05) is 17.1 Å². The lowest BCUT2D eigenvalue weighted by Crippen LogP contribution is -2.28. The van der Waals surface area contributed by atoms with Gasteiger partial charge in [-0.25, -0.2) is 0 Å².